The van der Waals surface area contributed by atoms with Crippen LogP contribution in [0.15, 0.2) is 47.4 Å². The maximum Gasteiger partial charge on any atom is 0.345 e. The number of carbonyl (C=O) groups excluding carboxylic acids is 4. The average Bonchev–Trinajstić information content (AvgIpc) is 2.96. The Morgan fingerprint density at radius 3 is 2.41 bits per heavy atom. The molecule has 1 aliphatic heterocycles. The lowest BCUT2D eigenvalue weighted by Gasteiger charge is -2.13. The molecular formula is C22H17Cl2NO6S. The molecule has 0 bridgehead atoms. The molecule has 2 amide bonds. The summed E-state index contributed by atoms with van der Waals surface area (Å²) in [5.74, 6) is -1.61. The van der Waals surface area contributed by atoms with Crippen molar-refractivity contribution in [3.63, 3.8) is 0 Å². The summed E-state index contributed by atoms with van der Waals surface area (Å²) >= 11 is 12.6. The molecule has 0 aromatic heterocycles. The van der Waals surface area contributed by atoms with Crippen molar-refractivity contribution >= 4 is 64.1 Å². The quantitative estimate of drug-likeness (QED) is 0.310. The highest BCUT2D eigenvalue weighted by molar-refractivity contribution is 8.18. The largest absolute Gasteiger partial charge is 0.462 e. The highest BCUT2D eigenvalue weighted by Gasteiger charge is 2.36. The molecule has 0 radical (unpaired) electrons. The molecule has 2 aromatic rings. The van der Waals surface area contributed by atoms with Crippen LogP contribution in [0.25, 0.3) is 6.08 Å². The van der Waals surface area contributed by atoms with Crippen molar-refractivity contribution in [1.29, 1.82) is 0 Å². The molecule has 166 valence electrons. The molecule has 0 saturated carbocycles. The van der Waals surface area contributed by atoms with Gasteiger partial charge in [0.1, 0.15) is 12.3 Å². The third-order valence-electron chi connectivity index (χ3n) is 4.07. The van der Waals surface area contributed by atoms with E-state index in [1.165, 1.54) is 36.4 Å². The number of hydrogen-bond acceptors (Lipinski definition) is 7. The van der Waals surface area contributed by atoms with E-state index in [2.05, 4.69) is 0 Å². The van der Waals surface area contributed by atoms with Crippen molar-refractivity contribution in [3.05, 3.63) is 68.5 Å². The molecule has 1 saturated heterocycles. The summed E-state index contributed by atoms with van der Waals surface area (Å²) in [6, 6.07) is 10.8. The van der Waals surface area contributed by atoms with Gasteiger partial charge in [-0.25, -0.2) is 4.79 Å². The first-order chi connectivity index (χ1) is 15.1. The molecule has 0 N–H and O–H groups in total. The fraction of sp³-hybridized carbons (Fsp3) is 0.182. The maximum absolute atomic E-state index is 12.5. The number of esters is 2. The third-order valence-corrected chi connectivity index (χ3v) is 5.52. The topological polar surface area (TPSA) is 90.0 Å². The lowest BCUT2D eigenvalue weighted by Crippen LogP contribution is -2.35. The van der Waals surface area contributed by atoms with Crippen molar-refractivity contribution < 1.29 is 28.7 Å². The second-order valence-electron chi connectivity index (χ2n) is 6.89. The summed E-state index contributed by atoms with van der Waals surface area (Å²) in [7, 11) is 0. The molecule has 32 heavy (non-hydrogen) atoms. The van der Waals surface area contributed by atoms with Crippen LogP contribution in [0.5, 0.6) is 5.75 Å². The standard InChI is InChI=1S/C22H17Cl2NO6S/c1-12(2)30-19(26)11-25-20(27)18(32-22(25)29)9-13-3-6-15(7-4-13)31-21(28)16-8-5-14(23)10-17(16)24/h3-10,12H,11H2,1-2H3/b18-9-. The molecule has 0 atom stereocenters. The van der Waals surface area contributed by atoms with E-state index in [0.717, 1.165) is 16.7 Å². The first kappa shape index (κ1) is 23.8. The van der Waals surface area contributed by atoms with Gasteiger partial charge in [0.2, 0.25) is 0 Å². The first-order valence-corrected chi connectivity index (χ1v) is 10.9. The molecule has 0 unspecified atom stereocenters. The number of nitrogens with zero attached hydrogens (tertiary/aromatic N) is 1. The number of rotatable bonds is 6. The molecule has 1 fully saturated rings. The summed E-state index contributed by atoms with van der Waals surface area (Å²) in [5, 5.41) is 0.0246. The summed E-state index contributed by atoms with van der Waals surface area (Å²) in [5.41, 5.74) is 0.773. The van der Waals surface area contributed by atoms with Crippen LogP contribution < -0.4 is 4.74 Å². The normalized spacial score (nSPS) is 14.9. The van der Waals surface area contributed by atoms with Crippen LogP contribution in [0, 0.1) is 0 Å². The molecule has 2 aromatic carbocycles. The maximum atomic E-state index is 12.5. The van der Waals surface area contributed by atoms with Gasteiger partial charge >= 0.3 is 11.9 Å². The Kier molecular flexibility index (Phi) is 7.60. The number of carbonyl (C=O) groups is 4. The number of imide groups is 1. The minimum Gasteiger partial charge on any atom is -0.462 e. The minimum atomic E-state index is -0.657. The monoisotopic (exact) mass is 493 g/mol. The summed E-state index contributed by atoms with van der Waals surface area (Å²) in [6.45, 7) is 2.91. The number of halogens is 2. The molecule has 1 aliphatic rings. The van der Waals surface area contributed by atoms with Gasteiger partial charge in [0, 0.05) is 5.02 Å². The average molecular weight is 494 g/mol. The number of benzene rings is 2. The van der Waals surface area contributed by atoms with Crippen LogP contribution in [0.2, 0.25) is 10.0 Å². The van der Waals surface area contributed by atoms with E-state index >= 15 is 0 Å². The van der Waals surface area contributed by atoms with E-state index in [9.17, 15) is 19.2 Å². The highest BCUT2D eigenvalue weighted by atomic mass is 35.5. The Morgan fingerprint density at radius 1 is 1.09 bits per heavy atom. The Labute approximate surface area is 198 Å². The highest BCUT2D eigenvalue weighted by Crippen LogP contribution is 2.32. The predicted molar refractivity (Wildman–Crippen MR) is 122 cm³/mol. The van der Waals surface area contributed by atoms with Gasteiger partial charge < -0.3 is 9.47 Å². The van der Waals surface area contributed by atoms with E-state index < -0.39 is 29.6 Å². The second-order valence-corrected chi connectivity index (χ2v) is 8.73. The Balaban J connectivity index is 1.67. The van der Waals surface area contributed by atoms with Crippen LogP contribution in [0.3, 0.4) is 0 Å². The van der Waals surface area contributed by atoms with Crippen molar-refractivity contribution in [2.24, 2.45) is 0 Å². The molecule has 1 heterocycles. The van der Waals surface area contributed by atoms with Crippen LogP contribution in [-0.2, 0) is 14.3 Å². The summed E-state index contributed by atoms with van der Waals surface area (Å²) < 4.78 is 10.3. The van der Waals surface area contributed by atoms with E-state index in [4.69, 9.17) is 32.7 Å². The minimum absolute atomic E-state index is 0.171. The zero-order valence-corrected chi connectivity index (χ0v) is 19.3. The van der Waals surface area contributed by atoms with Crippen molar-refractivity contribution in [2.45, 2.75) is 20.0 Å². The van der Waals surface area contributed by atoms with E-state index in [1.54, 1.807) is 26.0 Å². The molecule has 7 nitrogen and oxygen atoms in total. The third kappa shape index (κ3) is 5.91. The predicted octanol–water partition coefficient (Wildman–Crippen LogP) is 5.20. The van der Waals surface area contributed by atoms with Gasteiger partial charge in [0.15, 0.2) is 0 Å². The van der Waals surface area contributed by atoms with Crippen molar-refractivity contribution in [3.8, 4) is 5.75 Å². The van der Waals surface area contributed by atoms with E-state index in [1.807, 2.05) is 0 Å². The summed E-state index contributed by atoms with van der Waals surface area (Å²) in [6.07, 6.45) is 1.17. The molecule has 3 rings (SSSR count). The van der Waals surface area contributed by atoms with Crippen molar-refractivity contribution in [1.82, 2.24) is 4.90 Å². The SMILES string of the molecule is CC(C)OC(=O)CN1C(=O)S/C(=C\c2ccc(OC(=O)c3ccc(Cl)cc3Cl)cc2)C1=O. The van der Waals surface area contributed by atoms with Gasteiger partial charge in [-0.3, -0.25) is 19.3 Å². The lowest BCUT2D eigenvalue weighted by molar-refractivity contribution is -0.149. The fourth-order valence-electron chi connectivity index (χ4n) is 2.67. The van der Waals surface area contributed by atoms with Crippen LogP contribution >= 0.6 is 35.0 Å². The molecule has 10 heteroatoms. The van der Waals surface area contributed by atoms with Gasteiger partial charge in [-0.2, -0.15) is 0 Å². The number of hydrogen-bond donors (Lipinski definition) is 0. The first-order valence-electron chi connectivity index (χ1n) is 9.36. The number of amides is 2. The molecular weight excluding hydrogens is 477 g/mol. The van der Waals surface area contributed by atoms with Gasteiger partial charge in [0.05, 0.1) is 21.6 Å². The van der Waals surface area contributed by atoms with Crippen LogP contribution in [0.1, 0.15) is 29.8 Å². The summed E-state index contributed by atoms with van der Waals surface area (Å²) in [4.78, 5) is 49.7. The second kappa shape index (κ2) is 10.2. The van der Waals surface area contributed by atoms with Gasteiger partial charge in [-0.1, -0.05) is 35.3 Å². The van der Waals surface area contributed by atoms with Crippen LogP contribution in [0.4, 0.5) is 4.79 Å². The van der Waals surface area contributed by atoms with E-state index in [-0.39, 0.29) is 27.3 Å². The number of thioether (sulfide) groups is 1. The Bertz CT molecular complexity index is 1110. The van der Waals surface area contributed by atoms with Gasteiger partial charge in [-0.05, 0) is 67.6 Å². The zero-order chi connectivity index (χ0) is 23.4. The molecule has 0 aliphatic carbocycles. The zero-order valence-electron chi connectivity index (χ0n) is 17.0. The number of ether oxygens (including phenoxy) is 2. The van der Waals surface area contributed by atoms with Crippen LogP contribution in [-0.4, -0.2) is 40.6 Å². The smallest absolute Gasteiger partial charge is 0.345 e. The molecule has 0 spiro atoms. The Morgan fingerprint density at radius 2 is 1.78 bits per heavy atom. The van der Waals surface area contributed by atoms with E-state index in [0.29, 0.717) is 10.6 Å². The fourth-order valence-corrected chi connectivity index (χ4v) is 3.99. The Hall–Kier alpha value is -2.81. The van der Waals surface area contributed by atoms with Crippen molar-refractivity contribution in [2.75, 3.05) is 6.54 Å². The lowest BCUT2D eigenvalue weighted by atomic mass is 10.2. The van der Waals surface area contributed by atoms with Gasteiger partial charge in [-0.15, -0.1) is 0 Å². The van der Waals surface area contributed by atoms with Gasteiger partial charge in [0.25, 0.3) is 11.1 Å².